The highest BCUT2D eigenvalue weighted by atomic mass is 16.2. The molecule has 3 heterocycles. The number of carbonyl (C=O) groups is 1. The SMILES string of the molecule is CNc1nc([C@@H]2CCCCN2CC2CCCCC2)nc2c1CN(C(C)=O)CC2. The molecule has 6 nitrogen and oxygen atoms in total. The molecule has 3 aliphatic rings. The van der Waals surface area contributed by atoms with Gasteiger partial charge in [0.1, 0.15) is 11.6 Å². The van der Waals surface area contributed by atoms with Crippen molar-refractivity contribution < 1.29 is 4.79 Å². The maximum Gasteiger partial charge on any atom is 0.219 e. The number of nitrogens with zero attached hydrogens (tertiary/aromatic N) is 4. The lowest BCUT2D eigenvalue weighted by Crippen LogP contribution is -2.39. The van der Waals surface area contributed by atoms with Gasteiger partial charge in [0.25, 0.3) is 0 Å². The van der Waals surface area contributed by atoms with Gasteiger partial charge in [0, 0.05) is 39.0 Å². The van der Waals surface area contributed by atoms with E-state index in [1.807, 2.05) is 11.9 Å². The van der Waals surface area contributed by atoms with E-state index >= 15 is 0 Å². The first kappa shape index (κ1) is 19.6. The fourth-order valence-electron chi connectivity index (χ4n) is 5.26. The van der Waals surface area contributed by atoms with Crippen LogP contribution < -0.4 is 5.32 Å². The quantitative estimate of drug-likeness (QED) is 0.859. The number of amides is 1. The molecule has 2 aliphatic heterocycles. The van der Waals surface area contributed by atoms with Crippen molar-refractivity contribution >= 4 is 11.7 Å². The van der Waals surface area contributed by atoms with Crippen LogP contribution in [0, 0.1) is 5.92 Å². The normalized spacial score (nSPS) is 24.1. The summed E-state index contributed by atoms with van der Waals surface area (Å²) in [4.78, 5) is 26.4. The molecule has 0 bridgehead atoms. The van der Waals surface area contributed by atoms with Gasteiger partial charge in [-0.2, -0.15) is 0 Å². The van der Waals surface area contributed by atoms with Crippen molar-refractivity contribution in [3.63, 3.8) is 0 Å². The first-order chi connectivity index (χ1) is 13.7. The van der Waals surface area contributed by atoms with E-state index in [4.69, 9.17) is 9.97 Å². The summed E-state index contributed by atoms with van der Waals surface area (Å²) in [6, 6.07) is 0.346. The number of rotatable bonds is 4. The molecule has 1 aliphatic carbocycles. The number of hydrogen-bond donors (Lipinski definition) is 1. The Morgan fingerprint density at radius 2 is 1.86 bits per heavy atom. The summed E-state index contributed by atoms with van der Waals surface area (Å²) in [5, 5.41) is 3.28. The maximum atomic E-state index is 11.8. The third kappa shape index (κ3) is 4.17. The maximum absolute atomic E-state index is 11.8. The lowest BCUT2D eigenvalue weighted by Gasteiger charge is -2.38. The van der Waals surface area contributed by atoms with Crippen LogP contribution in [-0.2, 0) is 17.8 Å². The van der Waals surface area contributed by atoms with Gasteiger partial charge in [-0.15, -0.1) is 0 Å². The van der Waals surface area contributed by atoms with Crippen molar-refractivity contribution in [3.8, 4) is 0 Å². The van der Waals surface area contributed by atoms with Gasteiger partial charge in [0.2, 0.25) is 5.91 Å². The van der Waals surface area contributed by atoms with E-state index < -0.39 is 0 Å². The molecular formula is C22H35N5O. The molecule has 4 rings (SSSR count). The summed E-state index contributed by atoms with van der Waals surface area (Å²) in [6.07, 6.45) is 11.5. The third-order valence-electron chi connectivity index (χ3n) is 6.89. The lowest BCUT2D eigenvalue weighted by atomic mass is 9.87. The summed E-state index contributed by atoms with van der Waals surface area (Å²) in [7, 11) is 1.93. The Morgan fingerprint density at radius 1 is 1.07 bits per heavy atom. The second kappa shape index (κ2) is 8.76. The van der Waals surface area contributed by atoms with Gasteiger partial charge >= 0.3 is 0 Å². The highest BCUT2D eigenvalue weighted by molar-refractivity contribution is 5.74. The van der Waals surface area contributed by atoms with Crippen LogP contribution >= 0.6 is 0 Å². The van der Waals surface area contributed by atoms with E-state index in [0.717, 1.165) is 48.2 Å². The Kier molecular flexibility index (Phi) is 6.14. The zero-order chi connectivity index (χ0) is 19.5. The first-order valence-electron chi connectivity index (χ1n) is 11.2. The van der Waals surface area contributed by atoms with Gasteiger partial charge in [0.15, 0.2) is 0 Å². The Labute approximate surface area is 169 Å². The molecule has 1 aromatic heterocycles. The predicted octanol–water partition coefficient (Wildman–Crippen LogP) is 3.53. The predicted molar refractivity (Wildman–Crippen MR) is 111 cm³/mol. The van der Waals surface area contributed by atoms with Crippen LogP contribution in [0.5, 0.6) is 0 Å². The summed E-state index contributed by atoms with van der Waals surface area (Å²) in [5.41, 5.74) is 2.23. The zero-order valence-corrected chi connectivity index (χ0v) is 17.5. The summed E-state index contributed by atoms with van der Waals surface area (Å²) >= 11 is 0. The third-order valence-corrected chi connectivity index (χ3v) is 6.89. The van der Waals surface area contributed by atoms with Gasteiger partial charge in [-0.1, -0.05) is 25.7 Å². The average molecular weight is 386 g/mol. The Hall–Kier alpha value is -1.69. The molecule has 0 aromatic carbocycles. The van der Waals surface area contributed by atoms with Gasteiger partial charge in [-0.05, 0) is 38.1 Å². The summed E-state index contributed by atoms with van der Waals surface area (Å²) < 4.78 is 0. The summed E-state index contributed by atoms with van der Waals surface area (Å²) in [6.45, 7) is 5.41. The van der Waals surface area contributed by atoms with E-state index in [1.54, 1.807) is 6.92 Å². The fourth-order valence-corrected chi connectivity index (χ4v) is 5.26. The number of aromatic nitrogens is 2. The number of likely N-dealkylation sites (tertiary alicyclic amines) is 1. The zero-order valence-electron chi connectivity index (χ0n) is 17.5. The molecule has 0 spiro atoms. The van der Waals surface area contributed by atoms with E-state index in [0.29, 0.717) is 12.6 Å². The number of fused-ring (bicyclic) bond motifs is 1. The number of carbonyl (C=O) groups excluding carboxylic acids is 1. The number of hydrogen-bond acceptors (Lipinski definition) is 5. The van der Waals surface area contributed by atoms with Crippen LogP contribution in [-0.4, -0.2) is 52.4 Å². The van der Waals surface area contributed by atoms with Gasteiger partial charge < -0.3 is 10.2 Å². The Bertz CT molecular complexity index is 683. The topological polar surface area (TPSA) is 61.4 Å². The second-order valence-corrected chi connectivity index (χ2v) is 8.81. The van der Waals surface area contributed by atoms with Gasteiger partial charge in [-0.3, -0.25) is 9.69 Å². The largest absolute Gasteiger partial charge is 0.373 e. The molecule has 6 heteroatoms. The molecular weight excluding hydrogens is 350 g/mol. The molecule has 154 valence electrons. The molecule has 28 heavy (non-hydrogen) atoms. The lowest BCUT2D eigenvalue weighted by molar-refractivity contribution is -0.129. The van der Waals surface area contributed by atoms with Crippen LogP contribution in [0.25, 0.3) is 0 Å². The van der Waals surface area contributed by atoms with Crippen LogP contribution in [0.4, 0.5) is 5.82 Å². The minimum atomic E-state index is 0.128. The molecule has 1 saturated heterocycles. The van der Waals surface area contributed by atoms with Crippen molar-refractivity contribution in [2.75, 3.05) is 32.0 Å². The van der Waals surface area contributed by atoms with Crippen LogP contribution in [0.1, 0.15) is 81.4 Å². The van der Waals surface area contributed by atoms with Crippen molar-refractivity contribution in [3.05, 3.63) is 17.1 Å². The smallest absolute Gasteiger partial charge is 0.219 e. The van der Waals surface area contributed by atoms with Crippen LogP contribution in [0.15, 0.2) is 0 Å². The molecule has 1 saturated carbocycles. The number of nitrogens with one attached hydrogen (secondary N) is 1. The van der Waals surface area contributed by atoms with Gasteiger partial charge in [-0.25, -0.2) is 9.97 Å². The fraction of sp³-hybridized carbons (Fsp3) is 0.773. The molecule has 1 N–H and O–H groups in total. The second-order valence-electron chi connectivity index (χ2n) is 8.81. The van der Waals surface area contributed by atoms with E-state index in [-0.39, 0.29) is 5.91 Å². The number of anilines is 1. The van der Waals surface area contributed by atoms with Crippen molar-refractivity contribution in [2.45, 2.75) is 77.3 Å². The van der Waals surface area contributed by atoms with E-state index in [1.165, 1.54) is 58.0 Å². The summed E-state index contributed by atoms with van der Waals surface area (Å²) in [5.74, 6) is 2.88. The molecule has 1 amide bonds. The standard InChI is InChI=1S/C22H35N5O/c1-16(28)26-13-11-19-18(15-26)21(23-2)25-22(24-19)20-10-6-7-12-27(20)14-17-8-4-3-5-9-17/h17,20H,3-15H2,1-2H3,(H,23,24,25)/t20-/m0/s1. The minimum Gasteiger partial charge on any atom is -0.373 e. The molecule has 0 radical (unpaired) electrons. The highest BCUT2D eigenvalue weighted by Gasteiger charge is 2.31. The average Bonchev–Trinajstić information content (AvgIpc) is 2.73. The van der Waals surface area contributed by atoms with Crippen molar-refractivity contribution in [1.82, 2.24) is 19.8 Å². The van der Waals surface area contributed by atoms with Gasteiger partial charge in [0.05, 0.1) is 18.3 Å². The van der Waals surface area contributed by atoms with Crippen LogP contribution in [0.2, 0.25) is 0 Å². The highest BCUT2D eigenvalue weighted by Crippen LogP contribution is 2.34. The molecule has 1 aromatic rings. The van der Waals surface area contributed by atoms with Crippen LogP contribution in [0.3, 0.4) is 0 Å². The van der Waals surface area contributed by atoms with Crippen molar-refractivity contribution in [2.24, 2.45) is 5.92 Å². The number of piperidine rings is 1. The minimum absolute atomic E-state index is 0.128. The Balaban J connectivity index is 1.57. The Morgan fingerprint density at radius 3 is 2.61 bits per heavy atom. The molecule has 1 atom stereocenters. The van der Waals surface area contributed by atoms with E-state index in [2.05, 4.69) is 10.2 Å². The molecule has 0 unspecified atom stereocenters. The monoisotopic (exact) mass is 385 g/mol. The first-order valence-corrected chi connectivity index (χ1v) is 11.2. The molecule has 2 fully saturated rings. The van der Waals surface area contributed by atoms with Crippen molar-refractivity contribution in [1.29, 1.82) is 0 Å². The van der Waals surface area contributed by atoms with E-state index in [9.17, 15) is 4.79 Å².